The van der Waals surface area contributed by atoms with Crippen molar-refractivity contribution in [3.8, 4) is 11.5 Å². The number of rotatable bonds is 4. The molecule has 2 aromatic heterocycles. The number of hydrogen-bond donors (Lipinski definition) is 0. The predicted molar refractivity (Wildman–Crippen MR) is 103 cm³/mol. The van der Waals surface area contributed by atoms with Gasteiger partial charge in [-0.2, -0.15) is 9.78 Å². The molecule has 9 nitrogen and oxygen atoms in total. The van der Waals surface area contributed by atoms with Gasteiger partial charge in [-0.05, 0) is 36.8 Å². The first-order valence-electron chi connectivity index (χ1n) is 8.59. The van der Waals surface area contributed by atoms with E-state index in [4.69, 9.17) is 4.74 Å². The Hall–Kier alpha value is -3.27. The Bertz CT molecular complexity index is 1180. The minimum atomic E-state index is -0.628. The summed E-state index contributed by atoms with van der Waals surface area (Å²) in [7, 11) is 1.25. The molecule has 3 aromatic rings. The number of non-ortho nitro benzene ring substituents is 1. The van der Waals surface area contributed by atoms with Crippen molar-refractivity contribution in [1.29, 1.82) is 0 Å². The molecule has 0 spiro atoms. The number of nitrogens with zero attached hydrogens (tertiary/aromatic N) is 4. The summed E-state index contributed by atoms with van der Waals surface area (Å²) in [6.45, 7) is 0. The summed E-state index contributed by atoms with van der Waals surface area (Å²) in [5.41, 5.74) is 0.372. The zero-order chi connectivity index (χ0) is 19.8. The Labute approximate surface area is 162 Å². The van der Waals surface area contributed by atoms with Crippen molar-refractivity contribution in [1.82, 2.24) is 9.66 Å². The van der Waals surface area contributed by atoms with E-state index in [2.05, 4.69) is 10.1 Å². The molecule has 1 aliphatic rings. The van der Waals surface area contributed by atoms with Gasteiger partial charge in [-0.15, -0.1) is 11.3 Å². The van der Waals surface area contributed by atoms with Gasteiger partial charge in [0.15, 0.2) is 0 Å². The number of benzene rings is 1. The second kappa shape index (κ2) is 7.04. The van der Waals surface area contributed by atoms with Gasteiger partial charge in [0.25, 0.3) is 11.2 Å². The van der Waals surface area contributed by atoms with Gasteiger partial charge >= 0.3 is 0 Å². The number of ether oxygens (including phenoxy) is 1. The van der Waals surface area contributed by atoms with E-state index in [1.807, 2.05) is 0 Å². The zero-order valence-corrected chi connectivity index (χ0v) is 15.7. The maximum absolute atomic E-state index is 12.9. The van der Waals surface area contributed by atoms with E-state index in [0.717, 1.165) is 54.3 Å². The third-order valence-corrected chi connectivity index (χ3v) is 5.88. The van der Waals surface area contributed by atoms with Crippen molar-refractivity contribution < 1.29 is 14.8 Å². The van der Waals surface area contributed by atoms with Crippen molar-refractivity contribution in [3.63, 3.8) is 0 Å². The fourth-order valence-electron chi connectivity index (χ4n) is 3.31. The normalized spacial score (nSPS) is 13.8. The summed E-state index contributed by atoms with van der Waals surface area (Å²) < 4.78 is 5.95. The molecule has 1 aliphatic carbocycles. The zero-order valence-electron chi connectivity index (χ0n) is 14.9. The molecule has 0 saturated carbocycles. The van der Waals surface area contributed by atoms with Gasteiger partial charge in [0.1, 0.15) is 16.9 Å². The number of nitro groups is 1. The highest BCUT2D eigenvalue weighted by Gasteiger charge is 2.20. The number of methoxy groups -OCH3 is 1. The first-order chi connectivity index (χ1) is 13.5. The molecule has 144 valence electrons. The van der Waals surface area contributed by atoms with Crippen LogP contribution in [0, 0.1) is 10.1 Å². The van der Waals surface area contributed by atoms with E-state index in [-0.39, 0.29) is 22.6 Å². The first-order valence-corrected chi connectivity index (χ1v) is 9.41. The smallest absolute Gasteiger partial charge is 0.282 e. The molecule has 0 amide bonds. The van der Waals surface area contributed by atoms with E-state index < -0.39 is 10.7 Å². The standard InChI is InChI=1S/C18H16N4O5S/c1-27-13-7-11(22(25)26)6-10(16(13)23)8-20-21-9-19-17-15(18(21)24)12-4-2-3-5-14(12)28-17/h6-9,23H,2-5H2,1H3/p-1/b20-8-. The summed E-state index contributed by atoms with van der Waals surface area (Å²) in [6.07, 6.45) is 6.34. The van der Waals surface area contributed by atoms with E-state index in [1.54, 1.807) is 0 Å². The van der Waals surface area contributed by atoms with Crippen LogP contribution in [-0.2, 0) is 12.8 Å². The number of aryl methyl sites for hydroxylation is 2. The third kappa shape index (κ3) is 3.01. The van der Waals surface area contributed by atoms with Crippen molar-refractivity contribution in [2.24, 2.45) is 5.10 Å². The molecule has 0 fully saturated rings. The molecule has 28 heavy (non-hydrogen) atoms. The fraction of sp³-hybridized carbons (Fsp3) is 0.278. The number of nitro benzene ring substituents is 1. The molecule has 0 atom stereocenters. The van der Waals surface area contributed by atoms with Gasteiger partial charge in [-0.3, -0.25) is 14.9 Å². The highest BCUT2D eigenvalue weighted by Crippen LogP contribution is 2.33. The van der Waals surface area contributed by atoms with Crippen LogP contribution in [0.4, 0.5) is 5.69 Å². The van der Waals surface area contributed by atoms with Gasteiger partial charge in [0.05, 0.1) is 29.7 Å². The lowest BCUT2D eigenvalue weighted by Crippen LogP contribution is -2.18. The Balaban J connectivity index is 1.79. The van der Waals surface area contributed by atoms with E-state index in [1.165, 1.54) is 29.7 Å². The van der Waals surface area contributed by atoms with E-state index in [9.17, 15) is 20.0 Å². The quantitative estimate of drug-likeness (QED) is 0.376. The molecule has 0 bridgehead atoms. The second-order valence-corrected chi connectivity index (χ2v) is 7.44. The molecule has 10 heteroatoms. The lowest BCUT2D eigenvalue weighted by atomic mass is 9.97. The minimum absolute atomic E-state index is 0.0506. The van der Waals surface area contributed by atoms with Crippen LogP contribution in [0.2, 0.25) is 0 Å². The molecule has 1 aromatic carbocycles. The van der Waals surface area contributed by atoms with Crippen LogP contribution in [0.15, 0.2) is 28.4 Å². The molecule has 0 radical (unpaired) electrons. The number of aromatic nitrogens is 2. The van der Waals surface area contributed by atoms with Crippen LogP contribution in [0.5, 0.6) is 11.5 Å². The van der Waals surface area contributed by atoms with Crippen LogP contribution in [0.3, 0.4) is 0 Å². The lowest BCUT2D eigenvalue weighted by molar-refractivity contribution is -0.385. The van der Waals surface area contributed by atoms with Gasteiger partial charge < -0.3 is 9.84 Å². The summed E-state index contributed by atoms with van der Waals surface area (Å²) in [5.74, 6) is -0.713. The Morgan fingerprint density at radius 1 is 1.36 bits per heavy atom. The molecule has 2 heterocycles. The van der Waals surface area contributed by atoms with Gasteiger partial charge in [-0.1, -0.05) is 5.75 Å². The Morgan fingerprint density at radius 3 is 2.89 bits per heavy atom. The maximum atomic E-state index is 12.9. The van der Waals surface area contributed by atoms with Gasteiger partial charge in [0, 0.05) is 10.9 Å². The topological polar surface area (TPSA) is 123 Å². The molecule has 0 unspecified atom stereocenters. The summed E-state index contributed by atoms with van der Waals surface area (Å²) in [5, 5.41) is 28.0. The minimum Gasteiger partial charge on any atom is -0.870 e. The Kier molecular flexibility index (Phi) is 4.55. The van der Waals surface area contributed by atoms with Crippen molar-refractivity contribution >= 4 is 33.5 Å². The summed E-state index contributed by atoms with van der Waals surface area (Å²) in [4.78, 5) is 29.5. The van der Waals surface area contributed by atoms with Crippen molar-refractivity contribution in [2.45, 2.75) is 25.7 Å². The van der Waals surface area contributed by atoms with Crippen LogP contribution in [-0.4, -0.2) is 27.9 Å². The summed E-state index contributed by atoms with van der Waals surface area (Å²) >= 11 is 1.53. The van der Waals surface area contributed by atoms with Crippen LogP contribution in [0.1, 0.15) is 28.8 Å². The van der Waals surface area contributed by atoms with Crippen LogP contribution < -0.4 is 15.4 Å². The maximum Gasteiger partial charge on any atom is 0.282 e. The van der Waals surface area contributed by atoms with Crippen molar-refractivity contribution in [2.75, 3.05) is 7.11 Å². The van der Waals surface area contributed by atoms with Gasteiger partial charge in [-0.25, -0.2) is 4.98 Å². The van der Waals surface area contributed by atoms with Crippen LogP contribution >= 0.6 is 11.3 Å². The van der Waals surface area contributed by atoms with Crippen LogP contribution in [0.25, 0.3) is 10.2 Å². The fourth-order valence-corrected chi connectivity index (χ4v) is 4.52. The molecule has 4 rings (SSSR count). The SMILES string of the molecule is COc1cc([N+](=O)[O-])cc(/C=N\n2cnc3sc4c(c3c2=O)CCCC4)c1[O-]. The van der Waals surface area contributed by atoms with E-state index >= 15 is 0 Å². The highest BCUT2D eigenvalue weighted by atomic mass is 32.1. The lowest BCUT2D eigenvalue weighted by Gasteiger charge is -2.14. The molecular formula is C18H15N4O5S-. The highest BCUT2D eigenvalue weighted by molar-refractivity contribution is 7.18. The third-order valence-electron chi connectivity index (χ3n) is 4.68. The number of thiophene rings is 1. The van der Waals surface area contributed by atoms with Crippen molar-refractivity contribution in [3.05, 3.63) is 54.9 Å². The average Bonchev–Trinajstić information content (AvgIpc) is 3.07. The molecule has 0 saturated heterocycles. The second-order valence-electron chi connectivity index (χ2n) is 6.35. The Morgan fingerprint density at radius 2 is 2.14 bits per heavy atom. The monoisotopic (exact) mass is 399 g/mol. The number of fused-ring (bicyclic) bond motifs is 3. The van der Waals surface area contributed by atoms with Gasteiger partial charge in [0.2, 0.25) is 0 Å². The average molecular weight is 399 g/mol. The molecule has 0 N–H and O–H groups in total. The molecule has 0 aliphatic heterocycles. The van der Waals surface area contributed by atoms with E-state index in [0.29, 0.717) is 10.2 Å². The molecular weight excluding hydrogens is 384 g/mol. The largest absolute Gasteiger partial charge is 0.870 e. The summed E-state index contributed by atoms with van der Waals surface area (Å²) in [6, 6.07) is 2.15. The predicted octanol–water partition coefficient (Wildman–Crippen LogP) is 2.21. The number of hydrogen-bond acceptors (Lipinski definition) is 8. The first kappa shape index (κ1) is 18.1.